The molecule has 1 aliphatic heterocycles. The van der Waals surface area contributed by atoms with Gasteiger partial charge in [0.2, 0.25) is 5.91 Å². The molecule has 0 unspecified atom stereocenters. The predicted octanol–water partition coefficient (Wildman–Crippen LogP) is 3.25. The molecule has 2 aromatic rings. The number of hydrogen-bond donors (Lipinski definition) is 1. The summed E-state index contributed by atoms with van der Waals surface area (Å²) in [6.07, 6.45) is 1.09. The minimum absolute atomic E-state index is 0.103. The third-order valence-corrected chi connectivity index (χ3v) is 5.99. The molecule has 0 saturated heterocycles. The van der Waals surface area contributed by atoms with Crippen LogP contribution in [0.5, 0.6) is 0 Å². The summed E-state index contributed by atoms with van der Waals surface area (Å²) < 4.78 is 0. The van der Waals surface area contributed by atoms with Gasteiger partial charge in [-0.2, -0.15) is 0 Å². The average molecular weight is 362 g/mol. The van der Waals surface area contributed by atoms with Crippen LogP contribution in [0.4, 0.5) is 5.69 Å². The van der Waals surface area contributed by atoms with Gasteiger partial charge in [-0.3, -0.25) is 4.79 Å². The van der Waals surface area contributed by atoms with Crippen LogP contribution in [0.3, 0.4) is 0 Å². The van der Waals surface area contributed by atoms with Crippen LogP contribution in [-0.2, 0) is 17.0 Å². The van der Waals surface area contributed by atoms with Crippen LogP contribution in [0, 0.1) is 6.92 Å². The lowest BCUT2D eigenvalue weighted by molar-refractivity contribution is -0.118. The second kappa shape index (κ2) is 8.03. The molecule has 2 heterocycles. The molecular formula is C18H23N3OS2. The highest BCUT2D eigenvalue weighted by Gasteiger charge is 2.22. The molecule has 0 fully saturated rings. The van der Waals surface area contributed by atoms with Crippen molar-refractivity contribution in [1.29, 1.82) is 0 Å². The van der Waals surface area contributed by atoms with Gasteiger partial charge in [-0.05, 0) is 31.9 Å². The smallest absolute Gasteiger partial charge is 0.230 e. The van der Waals surface area contributed by atoms with Gasteiger partial charge in [0, 0.05) is 36.0 Å². The highest BCUT2D eigenvalue weighted by Crippen LogP contribution is 2.28. The third kappa shape index (κ3) is 4.30. The van der Waals surface area contributed by atoms with Crippen LogP contribution >= 0.6 is 23.1 Å². The lowest BCUT2D eigenvalue weighted by atomic mass is 10.2. The summed E-state index contributed by atoms with van der Waals surface area (Å²) in [6, 6.07) is 8.85. The van der Waals surface area contributed by atoms with E-state index in [4.69, 9.17) is 0 Å². The first-order chi connectivity index (χ1) is 11.6. The van der Waals surface area contributed by atoms with E-state index in [0.29, 0.717) is 18.3 Å². The third-order valence-electron chi connectivity index (χ3n) is 4.20. The van der Waals surface area contributed by atoms with Crippen molar-refractivity contribution in [2.45, 2.75) is 32.1 Å². The zero-order chi connectivity index (χ0) is 16.9. The van der Waals surface area contributed by atoms with Gasteiger partial charge in [-0.15, -0.1) is 23.1 Å². The molecule has 1 aromatic heterocycles. The van der Waals surface area contributed by atoms with E-state index in [9.17, 15) is 4.79 Å². The highest BCUT2D eigenvalue weighted by molar-refractivity contribution is 7.99. The Morgan fingerprint density at radius 2 is 2.29 bits per heavy atom. The van der Waals surface area contributed by atoms with Gasteiger partial charge in [0.1, 0.15) is 0 Å². The Kier molecular flexibility index (Phi) is 5.79. The summed E-state index contributed by atoms with van der Waals surface area (Å²) >= 11 is 3.27. The van der Waals surface area contributed by atoms with Crippen LogP contribution in [-0.4, -0.2) is 35.8 Å². The summed E-state index contributed by atoms with van der Waals surface area (Å²) in [5.41, 5.74) is 3.79. The first-order valence-electron chi connectivity index (χ1n) is 8.23. The molecule has 0 radical (unpaired) electrons. The molecule has 1 aliphatic rings. The van der Waals surface area contributed by atoms with Gasteiger partial charge in [-0.1, -0.05) is 18.2 Å². The number of nitrogens with zero attached hydrogens (tertiary/aromatic N) is 2. The lowest BCUT2D eigenvalue weighted by Crippen LogP contribution is -2.42. The number of rotatable bonds is 7. The normalized spacial score (nSPS) is 14.5. The zero-order valence-corrected chi connectivity index (χ0v) is 15.8. The summed E-state index contributed by atoms with van der Waals surface area (Å²) in [5, 5.41) is 6.20. The maximum atomic E-state index is 12.0. The maximum Gasteiger partial charge on any atom is 0.230 e. The number of anilines is 1. The molecule has 6 heteroatoms. The Balaban J connectivity index is 1.40. The number of carbonyl (C=O) groups is 1. The number of thiazole rings is 1. The van der Waals surface area contributed by atoms with Crippen molar-refractivity contribution < 1.29 is 4.79 Å². The first-order valence-corrected chi connectivity index (χ1v) is 10.3. The first kappa shape index (κ1) is 17.3. The van der Waals surface area contributed by atoms with Crippen molar-refractivity contribution in [2.24, 2.45) is 0 Å². The van der Waals surface area contributed by atoms with Gasteiger partial charge in [0.15, 0.2) is 0 Å². The van der Waals surface area contributed by atoms with Gasteiger partial charge in [-0.25, -0.2) is 4.98 Å². The molecule has 0 spiro atoms. The number of benzene rings is 1. The molecule has 4 nitrogen and oxygen atoms in total. The number of nitrogens with one attached hydrogen (secondary N) is 1. The average Bonchev–Trinajstić information content (AvgIpc) is 3.19. The Hall–Kier alpha value is -1.53. The van der Waals surface area contributed by atoms with Crippen LogP contribution in [0.15, 0.2) is 29.6 Å². The summed E-state index contributed by atoms with van der Waals surface area (Å²) in [4.78, 5) is 18.8. The van der Waals surface area contributed by atoms with E-state index >= 15 is 0 Å². The SMILES string of the molecule is Cc1nc(CSCC(=O)NC[C@H](C)N2CCc3ccccc32)cs1. The maximum absolute atomic E-state index is 12.0. The van der Waals surface area contributed by atoms with Gasteiger partial charge in [0.05, 0.1) is 16.5 Å². The van der Waals surface area contributed by atoms with Gasteiger partial charge in [0.25, 0.3) is 0 Å². The van der Waals surface area contributed by atoms with Crippen LogP contribution in [0.2, 0.25) is 0 Å². The number of aromatic nitrogens is 1. The number of thioether (sulfide) groups is 1. The quantitative estimate of drug-likeness (QED) is 0.822. The summed E-state index contributed by atoms with van der Waals surface area (Å²) in [6.45, 7) is 5.90. The fourth-order valence-corrected chi connectivity index (χ4v) is 4.43. The summed E-state index contributed by atoms with van der Waals surface area (Å²) in [5.74, 6) is 1.39. The standard InChI is InChI=1S/C18H23N3OS2/c1-13(21-8-7-15-5-3-4-6-17(15)21)9-19-18(22)12-23-10-16-11-24-14(2)20-16/h3-6,11,13H,7-10,12H2,1-2H3,(H,19,22)/t13-/m0/s1. The molecule has 1 amide bonds. The fourth-order valence-electron chi connectivity index (χ4n) is 2.97. The monoisotopic (exact) mass is 361 g/mol. The number of aryl methyl sites for hydroxylation is 1. The molecule has 24 heavy (non-hydrogen) atoms. The Bertz CT molecular complexity index is 701. The van der Waals surface area contributed by atoms with E-state index in [0.717, 1.165) is 29.4 Å². The highest BCUT2D eigenvalue weighted by atomic mass is 32.2. The van der Waals surface area contributed by atoms with E-state index in [1.807, 2.05) is 6.92 Å². The zero-order valence-electron chi connectivity index (χ0n) is 14.1. The number of para-hydroxylation sites is 1. The Morgan fingerprint density at radius 3 is 3.08 bits per heavy atom. The summed E-state index contributed by atoms with van der Waals surface area (Å²) in [7, 11) is 0. The Labute approximate surface area is 151 Å². The van der Waals surface area contributed by atoms with Crippen molar-refractivity contribution >= 4 is 34.7 Å². The van der Waals surface area contributed by atoms with E-state index < -0.39 is 0 Å². The second-order valence-electron chi connectivity index (χ2n) is 6.08. The number of carbonyl (C=O) groups excluding carboxylic acids is 1. The van der Waals surface area contributed by atoms with Gasteiger partial charge < -0.3 is 10.2 Å². The molecule has 0 aliphatic carbocycles. The fraction of sp³-hybridized carbons (Fsp3) is 0.444. The molecule has 0 saturated carbocycles. The predicted molar refractivity (Wildman–Crippen MR) is 103 cm³/mol. The minimum atomic E-state index is 0.103. The second-order valence-corrected chi connectivity index (χ2v) is 8.12. The van der Waals surface area contributed by atoms with E-state index in [1.54, 1.807) is 23.1 Å². The van der Waals surface area contributed by atoms with Crippen LogP contribution in [0.25, 0.3) is 0 Å². The van der Waals surface area contributed by atoms with Crippen molar-refractivity contribution in [1.82, 2.24) is 10.3 Å². The van der Waals surface area contributed by atoms with Crippen molar-refractivity contribution in [3.05, 3.63) is 45.9 Å². The topological polar surface area (TPSA) is 45.2 Å². The van der Waals surface area contributed by atoms with Crippen molar-refractivity contribution in [3.8, 4) is 0 Å². The molecule has 1 aromatic carbocycles. The van der Waals surface area contributed by atoms with Crippen LogP contribution in [0.1, 0.15) is 23.2 Å². The molecule has 0 bridgehead atoms. The van der Waals surface area contributed by atoms with Crippen LogP contribution < -0.4 is 10.2 Å². The molecule has 1 N–H and O–H groups in total. The largest absolute Gasteiger partial charge is 0.366 e. The molecule has 128 valence electrons. The minimum Gasteiger partial charge on any atom is -0.366 e. The van der Waals surface area contributed by atoms with E-state index in [1.165, 1.54) is 11.3 Å². The van der Waals surface area contributed by atoms with E-state index in [-0.39, 0.29) is 5.91 Å². The Morgan fingerprint density at radius 1 is 1.46 bits per heavy atom. The van der Waals surface area contributed by atoms with Gasteiger partial charge >= 0.3 is 0 Å². The molecule has 1 atom stereocenters. The van der Waals surface area contributed by atoms with E-state index in [2.05, 4.69) is 51.8 Å². The molecule has 3 rings (SSSR count). The number of fused-ring (bicyclic) bond motifs is 1. The lowest BCUT2D eigenvalue weighted by Gasteiger charge is -2.27. The molecular weight excluding hydrogens is 338 g/mol. The number of amides is 1. The number of hydrogen-bond acceptors (Lipinski definition) is 5. The van der Waals surface area contributed by atoms with Crippen molar-refractivity contribution in [3.63, 3.8) is 0 Å². The van der Waals surface area contributed by atoms with Crippen molar-refractivity contribution in [2.75, 3.05) is 23.7 Å².